The molecule has 0 atom stereocenters. The predicted octanol–water partition coefficient (Wildman–Crippen LogP) is 0.611. The molecule has 0 aromatic rings. The molecule has 1 fully saturated rings. The van der Waals surface area contributed by atoms with Crippen molar-refractivity contribution in [3.05, 3.63) is 0 Å². The molecule has 0 N–H and O–H groups in total. The van der Waals surface area contributed by atoms with E-state index in [0.29, 0.717) is 6.54 Å². The second-order valence-corrected chi connectivity index (χ2v) is 7.52. The third kappa shape index (κ3) is 5.48. The zero-order valence-corrected chi connectivity index (χ0v) is 13.1. The molecule has 1 aliphatic rings. The fourth-order valence-electron chi connectivity index (χ4n) is 2.49. The Morgan fingerprint density at radius 3 is 2.16 bits per heavy atom. The average Bonchev–Trinajstić information content (AvgIpc) is 2.37. The lowest BCUT2D eigenvalue weighted by molar-refractivity contribution is -0.136. The van der Waals surface area contributed by atoms with Crippen LogP contribution in [-0.2, 0) is 14.6 Å². The largest absolute Gasteiger partial charge is 0.343 e. The summed E-state index contributed by atoms with van der Waals surface area (Å²) in [5, 5.41) is 0. The summed E-state index contributed by atoms with van der Waals surface area (Å²) >= 11 is 0. The molecule has 1 saturated heterocycles. The molecular weight excluding hydrogens is 264 g/mol. The van der Waals surface area contributed by atoms with E-state index in [4.69, 9.17) is 0 Å². The summed E-state index contributed by atoms with van der Waals surface area (Å²) in [6.45, 7) is 7.78. The highest BCUT2D eigenvalue weighted by Crippen LogP contribution is 2.19. The quantitative estimate of drug-likeness (QED) is 0.719. The Morgan fingerprint density at radius 2 is 1.74 bits per heavy atom. The summed E-state index contributed by atoms with van der Waals surface area (Å²) in [7, 11) is -2.89. The third-order valence-corrected chi connectivity index (χ3v) is 4.71. The van der Waals surface area contributed by atoms with Crippen LogP contribution in [0.5, 0.6) is 0 Å². The number of nitrogens with zero attached hydrogens (tertiary/aromatic N) is 2. The normalized spacial score (nSPS) is 18.5. The van der Waals surface area contributed by atoms with Crippen molar-refractivity contribution in [3.8, 4) is 0 Å². The molecule has 0 spiro atoms. The molecule has 0 aliphatic carbocycles. The standard InChI is InChI=1S/C13H26N2O3S/c1-4-15(5-2)13(16)12-6-8-14(9-7-12)10-11-19(3,17)18/h12H,4-11H2,1-3H3. The van der Waals surface area contributed by atoms with Crippen molar-refractivity contribution in [2.24, 2.45) is 5.92 Å². The van der Waals surface area contributed by atoms with Gasteiger partial charge in [0.05, 0.1) is 5.75 Å². The van der Waals surface area contributed by atoms with Gasteiger partial charge in [0, 0.05) is 31.8 Å². The van der Waals surface area contributed by atoms with Crippen LogP contribution in [0.4, 0.5) is 0 Å². The molecule has 0 aromatic heterocycles. The van der Waals surface area contributed by atoms with E-state index in [1.165, 1.54) is 6.26 Å². The van der Waals surface area contributed by atoms with Gasteiger partial charge in [0.15, 0.2) is 0 Å². The molecular formula is C13H26N2O3S. The van der Waals surface area contributed by atoms with Crippen molar-refractivity contribution in [1.29, 1.82) is 0 Å². The molecule has 1 amide bonds. The van der Waals surface area contributed by atoms with Crippen LogP contribution < -0.4 is 0 Å². The third-order valence-electron chi connectivity index (χ3n) is 3.79. The van der Waals surface area contributed by atoms with E-state index in [0.717, 1.165) is 39.0 Å². The molecule has 5 nitrogen and oxygen atoms in total. The second-order valence-electron chi connectivity index (χ2n) is 5.26. The lowest BCUT2D eigenvalue weighted by Crippen LogP contribution is -2.43. The number of piperidine rings is 1. The Balaban J connectivity index is 2.38. The number of carbonyl (C=O) groups excluding carboxylic acids is 1. The summed E-state index contributed by atoms with van der Waals surface area (Å²) < 4.78 is 22.3. The monoisotopic (exact) mass is 290 g/mol. The molecule has 1 rings (SSSR count). The zero-order valence-electron chi connectivity index (χ0n) is 12.3. The van der Waals surface area contributed by atoms with Crippen molar-refractivity contribution in [2.75, 3.05) is 44.7 Å². The van der Waals surface area contributed by atoms with Crippen molar-refractivity contribution >= 4 is 15.7 Å². The van der Waals surface area contributed by atoms with Gasteiger partial charge in [-0.2, -0.15) is 0 Å². The highest BCUT2D eigenvalue weighted by atomic mass is 32.2. The highest BCUT2D eigenvalue weighted by Gasteiger charge is 2.27. The number of amides is 1. The summed E-state index contributed by atoms with van der Waals surface area (Å²) in [5.41, 5.74) is 0. The maximum Gasteiger partial charge on any atom is 0.225 e. The average molecular weight is 290 g/mol. The van der Waals surface area contributed by atoms with E-state index < -0.39 is 9.84 Å². The Bertz CT molecular complexity index is 383. The number of likely N-dealkylation sites (tertiary alicyclic amines) is 1. The molecule has 19 heavy (non-hydrogen) atoms. The smallest absolute Gasteiger partial charge is 0.225 e. The fourth-order valence-corrected chi connectivity index (χ4v) is 3.08. The number of carbonyl (C=O) groups is 1. The van der Waals surface area contributed by atoms with Gasteiger partial charge in [-0.1, -0.05) is 0 Å². The maximum atomic E-state index is 12.2. The molecule has 112 valence electrons. The van der Waals surface area contributed by atoms with Gasteiger partial charge in [0.1, 0.15) is 9.84 Å². The number of hydrogen-bond acceptors (Lipinski definition) is 4. The van der Waals surface area contributed by atoms with E-state index in [-0.39, 0.29) is 17.6 Å². The molecule has 0 bridgehead atoms. The van der Waals surface area contributed by atoms with Crippen LogP contribution in [0.15, 0.2) is 0 Å². The first kappa shape index (κ1) is 16.4. The van der Waals surface area contributed by atoms with Gasteiger partial charge in [0.2, 0.25) is 5.91 Å². The van der Waals surface area contributed by atoms with E-state index in [1.54, 1.807) is 0 Å². The van der Waals surface area contributed by atoms with Crippen LogP contribution in [0.25, 0.3) is 0 Å². The van der Waals surface area contributed by atoms with E-state index in [1.807, 2.05) is 18.7 Å². The van der Waals surface area contributed by atoms with Crippen LogP contribution in [0, 0.1) is 5.92 Å². The molecule has 0 radical (unpaired) electrons. The van der Waals surface area contributed by atoms with Crippen LogP contribution in [0.1, 0.15) is 26.7 Å². The Morgan fingerprint density at radius 1 is 1.21 bits per heavy atom. The van der Waals surface area contributed by atoms with Crippen LogP contribution >= 0.6 is 0 Å². The summed E-state index contributed by atoms with van der Waals surface area (Å²) in [5.74, 6) is 0.587. The lowest BCUT2D eigenvalue weighted by Gasteiger charge is -2.33. The van der Waals surface area contributed by atoms with Gasteiger partial charge >= 0.3 is 0 Å². The van der Waals surface area contributed by atoms with Crippen molar-refractivity contribution in [1.82, 2.24) is 9.80 Å². The first-order chi connectivity index (χ1) is 8.87. The fraction of sp³-hybridized carbons (Fsp3) is 0.923. The predicted molar refractivity (Wildman–Crippen MR) is 76.8 cm³/mol. The Labute approximate surface area is 116 Å². The molecule has 0 unspecified atom stereocenters. The summed E-state index contributed by atoms with van der Waals surface area (Å²) in [6, 6.07) is 0. The number of rotatable bonds is 6. The van der Waals surface area contributed by atoms with Gasteiger partial charge in [-0.05, 0) is 39.8 Å². The van der Waals surface area contributed by atoms with Crippen molar-refractivity contribution in [3.63, 3.8) is 0 Å². The molecule has 0 aromatic carbocycles. The second kappa shape index (κ2) is 7.24. The first-order valence-corrected chi connectivity index (χ1v) is 9.12. The molecule has 6 heteroatoms. The minimum atomic E-state index is -2.89. The van der Waals surface area contributed by atoms with E-state index in [2.05, 4.69) is 4.90 Å². The SMILES string of the molecule is CCN(CC)C(=O)C1CCN(CCS(C)(=O)=O)CC1. The summed E-state index contributed by atoms with van der Waals surface area (Å²) in [6.07, 6.45) is 2.96. The molecule has 0 saturated carbocycles. The van der Waals surface area contributed by atoms with Gasteiger partial charge in [0.25, 0.3) is 0 Å². The maximum absolute atomic E-state index is 12.2. The van der Waals surface area contributed by atoms with Gasteiger partial charge in [-0.15, -0.1) is 0 Å². The topological polar surface area (TPSA) is 57.7 Å². The van der Waals surface area contributed by atoms with Crippen LogP contribution in [0.3, 0.4) is 0 Å². The van der Waals surface area contributed by atoms with Gasteiger partial charge in [-0.3, -0.25) is 4.79 Å². The minimum absolute atomic E-state index is 0.120. The van der Waals surface area contributed by atoms with Crippen LogP contribution in [0.2, 0.25) is 0 Å². The first-order valence-electron chi connectivity index (χ1n) is 7.06. The highest BCUT2D eigenvalue weighted by molar-refractivity contribution is 7.90. The number of hydrogen-bond donors (Lipinski definition) is 0. The molecule has 1 aliphatic heterocycles. The lowest BCUT2D eigenvalue weighted by atomic mass is 9.95. The zero-order chi connectivity index (χ0) is 14.5. The van der Waals surface area contributed by atoms with Gasteiger partial charge < -0.3 is 9.80 Å². The van der Waals surface area contributed by atoms with Crippen molar-refractivity contribution < 1.29 is 13.2 Å². The van der Waals surface area contributed by atoms with E-state index >= 15 is 0 Å². The van der Waals surface area contributed by atoms with Gasteiger partial charge in [-0.25, -0.2) is 8.42 Å². The minimum Gasteiger partial charge on any atom is -0.343 e. The number of sulfone groups is 1. The molecule has 1 heterocycles. The summed E-state index contributed by atoms with van der Waals surface area (Å²) in [4.78, 5) is 16.2. The van der Waals surface area contributed by atoms with Crippen LogP contribution in [-0.4, -0.2) is 68.9 Å². The van der Waals surface area contributed by atoms with E-state index in [9.17, 15) is 13.2 Å². The Hall–Kier alpha value is -0.620. The van der Waals surface area contributed by atoms with Crippen molar-refractivity contribution in [2.45, 2.75) is 26.7 Å². The Kier molecular flexibility index (Phi) is 6.26.